The van der Waals surface area contributed by atoms with Crippen molar-refractivity contribution >= 4 is 29.1 Å². The van der Waals surface area contributed by atoms with Crippen LogP contribution in [0.15, 0.2) is 18.2 Å². The van der Waals surface area contributed by atoms with Crippen molar-refractivity contribution in [2.45, 2.75) is 0 Å². The van der Waals surface area contributed by atoms with Gasteiger partial charge in [-0.2, -0.15) is 0 Å². The molecule has 1 amide bonds. The van der Waals surface area contributed by atoms with Crippen molar-refractivity contribution in [1.29, 1.82) is 0 Å². The summed E-state index contributed by atoms with van der Waals surface area (Å²) in [5.41, 5.74) is 0.524. The lowest BCUT2D eigenvalue weighted by atomic mass is 10.2. The average Bonchev–Trinajstić information content (AvgIpc) is 2.76. The van der Waals surface area contributed by atoms with E-state index in [2.05, 4.69) is 10.6 Å². The van der Waals surface area contributed by atoms with Crippen molar-refractivity contribution in [3.8, 4) is 0 Å². The van der Waals surface area contributed by atoms with Gasteiger partial charge in [-0.05, 0) is 49.0 Å². The maximum Gasteiger partial charge on any atom is 0.251 e. The van der Waals surface area contributed by atoms with Gasteiger partial charge >= 0.3 is 0 Å². The lowest BCUT2D eigenvalue weighted by Gasteiger charge is -2.07. The summed E-state index contributed by atoms with van der Waals surface area (Å²) in [6.07, 6.45) is 0. The Morgan fingerprint density at radius 1 is 1.22 bits per heavy atom. The number of amides is 1. The first kappa shape index (κ1) is 12.3. The molecule has 2 N–H and O–H groups in total. The van der Waals surface area contributed by atoms with Crippen molar-refractivity contribution in [1.82, 2.24) is 10.6 Å². The van der Waals surface area contributed by atoms with Crippen LogP contribution in [0.3, 0.4) is 0 Å². The van der Waals surface area contributed by atoms with E-state index in [-0.39, 0.29) is 5.91 Å². The Morgan fingerprint density at radius 3 is 2.44 bits per heavy atom. The van der Waals surface area contributed by atoms with Gasteiger partial charge in [-0.3, -0.25) is 4.79 Å². The summed E-state index contributed by atoms with van der Waals surface area (Å²) in [6, 6.07) is 4.90. The molecular formula is C13H14Cl2N2O. The molecule has 0 spiro atoms. The number of hydrogen-bond acceptors (Lipinski definition) is 2. The molecule has 1 aliphatic heterocycles. The average molecular weight is 285 g/mol. The number of nitrogens with one attached hydrogen (secondary N) is 2. The van der Waals surface area contributed by atoms with E-state index in [0.29, 0.717) is 21.5 Å². The minimum atomic E-state index is -0.0997. The maximum absolute atomic E-state index is 12.0. The van der Waals surface area contributed by atoms with Crippen LogP contribution in [0.25, 0.3) is 0 Å². The Morgan fingerprint density at radius 2 is 1.83 bits per heavy atom. The normalized spacial score (nSPS) is 28.9. The minimum Gasteiger partial charge on any atom is -0.352 e. The Balaban J connectivity index is 1.58. The Bertz CT molecular complexity index is 462. The summed E-state index contributed by atoms with van der Waals surface area (Å²) in [4.78, 5) is 12.0. The second-order valence-electron chi connectivity index (χ2n) is 5.02. The number of piperidine rings is 1. The van der Waals surface area contributed by atoms with Crippen molar-refractivity contribution < 1.29 is 4.79 Å². The first-order chi connectivity index (χ1) is 8.65. The number of carbonyl (C=O) groups is 1. The van der Waals surface area contributed by atoms with Gasteiger partial charge in [0.05, 0.1) is 0 Å². The van der Waals surface area contributed by atoms with Crippen LogP contribution in [0.2, 0.25) is 10.0 Å². The van der Waals surface area contributed by atoms with Crippen molar-refractivity contribution in [3.63, 3.8) is 0 Å². The van der Waals surface area contributed by atoms with Gasteiger partial charge in [0.25, 0.3) is 5.91 Å². The SMILES string of the molecule is O=C(NCC1C2CNCC21)c1cc(Cl)cc(Cl)c1. The predicted octanol–water partition coefficient (Wildman–Crippen LogP) is 2.19. The zero-order valence-electron chi connectivity index (χ0n) is 9.75. The van der Waals surface area contributed by atoms with E-state index in [1.807, 2.05) is 0 Å². The molecule has 3 rings (SSSR count). The van der Waals surface area contributed by atoms with Crippen LogP contribution in [0, 0.1) is 17.8 Å². The molecule has 3 nitrogen and oxygen atoms in total. The maximum atomic E-state index is 12.0. The van der Waals surface area contributed by atoms with Crippen LogP contribution in [-0.2, 0) is 0 Å². The third-order valence-corrected chi connectivity index (χ3v) is 4.33. The van der Waals surface area contributed by atoms with Crippen molar-refractivity contribution in [3.05, 3.63) is 33.8 Å². The fraction of sp³-hybridized carbons (Fsp3) is 0.462. The molecule has 0 radical (unpaired) electrons. The molecule has 2 atom stereocenters. The van der Waals surface area contributed by atoms with Gasteiger partial charge in [0, 0.05) is 22.2 Å². The van der Waals surface area contributed by atoms with Gasteiger partial charge in [0.1, 0.15) is 0 Å². The van der Waals surface area contributed by atoms with E-state index >= 15 is 0 Å². The van der Waals surface area contributed by atoms with Gasteiger partial charge in [0.15, 0.2) is 0 Å². The monoisotopic (exact) mass is 284 g/mol. The quantitative estimate of drug-likeness (QED) is 0.893. The molecule has 1 aromatic rings. The van der Waals surface area contributed by atoms with Crippen LogP contribution >= 0.6 is 23.2 Å². The molecule has 0 aromatic heterocycles. The van der Waals surface area contributed by atoms with Crippen LogP contribution < -0.4 is 10.6 Å². The molecule has 18 heavy (non-hydrogen) atoms. The largest absolute Gasteiger partial charge is 0.352 e. The number of rotatable bonds is 3. The van der Waals surface area contributed by atoms with Gasteiger partial charge in [-0.1, -0.05) is 23.2 Å². The number of benzene rings is 1. The lowest BCUT2D eigenvalue weighted by molar-refractivity contribution is 0.0950. The van der Waals surface area contributed by atoms with Crippen LogP contribution in [0.4, 0.5) is 0 Å². The Labute approximate surface area is 116 Å². The summed E-state index contributed by atoms with van der Waals surface area (Å²) in [5.74, 6) is 2.06. The highest BCUT2D eigenvalue weighted by molar-refractivity contribution is 6.35. The van der Waals surface area contributed by atoms with Gasteiger partial charge in [0.2, 0.25) is 0 Å². The van der Waals surface area contributed by atoms with E-state index < -0.39 is 0 Å². The summed E-state index contributed by atoms with van der Waals surface area (Å²) < 4.78 is 0. The molecule has 2 fully saturated rings. The zero-order valence-corrected chi connectivity index (χ0v) is 11.3. The van der Waals surface area contributed by atoms with Gasteiger partial charge < -0.3 is 10.6 Å². The number of halogens is 2. The smallest absolute Gasteiger partial charge is 0.251 e. The first-order valence-corrected chi connectivity index (χ1v) is 6.86. The molecule has 1 saturated heterocycles. The number of carbonyl (C=O) groups excluding carboxylic acids is 1. The summed E-state index contributed by atoms with van der Waals surface area (Å²) in [5, 5.41) is 7.27. The highest BCUT2D eigenvalue weighted by Gasteiger charge is 2.52. The first-order valence-electron chi connectivity index (χ1n) is 6.10. The van der Waals surface area contributed by atoms with Crippen LogP contribution in [0.1, 0.15) is 10.4 Å². The van der Waals surface area contributed by atoms with Gasteiger partial charge in [-0.25, -0.2) is 0 Å². The standard InChI is InChI=1S/C13H14Cl2N2O/c14-8-1-7(2-9(15)3-8)13(18)17-6-12-10-4-16-5-11(10)12/h1-3,10-12,16H,4-6H2,(H,17,18). The second kappa shape index (κ2) is 4.72. The molecule has 96 valence electrons. The molecule has 1 heterocycles. The Kier molecular flexibility index (Phi) is 3.22. The van der Waals surface area contributed by atoms with E-state index in [4.69, 9.17) is 23.2 Å². The fourth-order valence-electron chi connectivity index (χ4n) is 2.85. The van der Waals surface area contributed by atoms with Crippen LogP contribution in [0.5, 0.6) is 0 Å². The van der Waals surface area contributed by atoms with E-state index in [0.717, 1.165) is 31.5 Å². The van der Waals surface area contributed by atoms with Crippen molar-refractivity contribution in [2.75, 3.05) is 19.6 Å². The molecule has 0 bridgehead atoms. The van der Waals surface area contributed by atoms with E-state index in [9.17, 15) is 4.79 Å². The molecule has 2 unspecified atom stereocenters. The lowest BCUT2D eigenvalue weighted by Crippen LogP contribution is -2.28. The molecular weight excluding hydrogens is 271 g/mol. The molecule has 5 heteroatoms. The summed E-state index contributed by atoms with van der Waals surface area (Å²) >= 11 is 11.7. The van der Waals surface area contributed by atoms with Crippen molar-refractivity contribution in [2.24, 2.45) is 17.8 Å². The molecule has 2 aliphatic rings. The topological polar surface area (TPSA) is 41.1 Å². The fourth-order valence-corrected chi connectivity index (χ4v) is 3.37. The summed E-state index contributed by atoms with van der Waals surface area (Å²) in [7, 11) is 0. The molecule has 1 saturated carbocycles. The van der Waals surface area contributed by atoms with Crippen LogP contribution in [-0.4, -0.2) is 25.5 Å². The predicted molar refractivity (Wildman–Crippen MR) is 72.1 cm³/mol. The molecule has 1 aromatic carbocycles. The third-order valence-electron chi connectivity index (χ3n) is 3.89. The highest BCUT2D eigenvalue weighted by atomic mass is 35.5. The van der Waals surface area contributed by atoms with E-state index in [1.54, 1.807) is 18.2 Å². The summed E-state index contributed by atoms with van der Waals surface area (Å²) in [6.45, 7) is 2.93. The third kappa shape index (κ3) is 2.35. The highest BCUT2D eigenvalue weighted by Crippen LogP contribution is 2.47. The number of fused-ring (bicyclic) bond motifs is 1. The Hall–Kier alpha value is -0.770. The second-order valence-corrected chi connectivity index (χ2v) is 5.89. The minimum absolute atomic E-state index is 0.0997. The molecule has 1 aliphatic carbocycles. The van der Waals surface area contributed by atoms with Gasteiger partial charge in [-0.15, -0.1) is 0 Å². The van der Waals surface area contributed by atoms with E-state index in [1.165, 1.54) is 0 Å². The number of hydrogen-bond donors (Lipinski definition) is 2. The zero-order chi connectivity index (χ0) is 12.7.